The fourth-order valence-corrected chi connectivity index (χ4v) is 3.65. The lowest BCUT2D eigenvalue weighted by Crippen LogP contribution is -2.05. The van der Waals surface area contributed by atoms with Gasteiger partial charge in [0.2, 0.25) is 0 Å². The van der Waals surface area contributed by atoms with E-state index in [1.165, 1.54) is 16.6 Å². The number of aromatic nitrogens is 2. The molecule has 0 aliphatic rings. The molecule has 0 bridgehead atoms. The van der Waals surface area contributed by atoms with Gasteiger partial charge < -0.3 is 10.5 Å². The molecule has 0 radical (unpaired) electrons. The maximum absolute atomic E-state index is 11.3. The van der Waals surface area contributed by atoms with Gasteiger partial charge in [-0.1, -0.05) is 11.8 Å². The van der Waals surface area contributed by atoms with Gasteiger partial charge in [-0.2, -0.15) is 0 Å². The quantitative estimate of drug-likeness (QED) is 0.519. The molecule has 0 fully saturated rings. The first kappa shape index (κ1) is 15.1. The number of nitrogens with two attached hydrogens (primary N) is 1. The summed E-state index contributed by atoms with van der Waals surface area (Å²) in [6.07, 6.45) is 0.350. The van der Waals surface area contributed by atoms with Crippen LogP contribution in [-0.2, 0) is 9.53 Å². The maximum atomic E-state index is 11.3. The van der Waals surface area contributed by atoms with Crippen molar-refractivity contribution in [1.82, 2.24) is 9.97 Å². The van der Waals surface area contributed by atoms with Crippen LogP contribution in [0.5, 0.6) is 0 Å². The summed E-state index contributed by atoms with van der Waals surface area (Å²) < 4.78 is 4.88. The fourth-order valence-electron chi connectivity index (χ4n) is 1.78. The van der Waals surface area contributed by atoms with Gasteiger partial charge >= 0.3 is 5.97 Å². The van der Waals surface area contributed by atoms with Crippen molar-refractivity contribution in [3.05, 3.63) is 10.4 Å². The highest BCUT2D eigenvalue weighted by molar-refractivity contribution is 7.99. The molecule has 20 heavy (non-hydrogen) atoms. The van der Waals surface area contributed by atoms with Crippen LogP contribution < -0.4 is 5.73 Å². The van der Waals surface area contributed by atoms with Crippen molar-refractivity contribution in [3.63, 3.8) is 0 Å². The van der Waals surface area contributed by atoms with Crippen LogP contribution in [-0.4, -0.2) is 28.3 Å². The number of nitrogens with zero attached hydrogens (tertiary/aromatic N) is 2. The summed E-state index contributed by atoms with van der Waals surface area (Å²) in [5.41, 5.74) is 7.15. The first-order valence-corrected chi connectivity index (χ1v) is 8.14. The van der Waals surface area contributed by atoms with E-state index in [4.69, 9.17) is 10.5 Å². The van der Waals surface area contributed by atoms with E-state index in [0.717, 1.165) is 15.8 Å². The van der Waals surface area contributed by atoms with Crippen LogP contribution in [0.2, 0.25) is 0 Å². The van der Waals surface area contributed by atoms with E-state index in [-0.39, 0.29) is 5.97 Å². The van der Waals surface area contributed by atoms with Gasteiger partial charge in [0, 0.05) is 10.6 Å². The summed E-state index contributed by atoms with van der Waals surface area (Å²) in [5, 5.41) is 1.56. The number of esters is 1. The number of rotatable bonds is 5. The fraction of sp³-hybridized carbons (Fsp3) is 0.462. The summed E-state index contributed by atoms with van der Waals surface area (Å²) in [6.45, 7) is 6.28. The molecule has 2 N–H and O–H groups in total. The lowest BCUT2D eigenvalue weighted by Gasteiger charge is -2.03. The third-order valence-electron chi connectivity index (χ3n) is 2.88. The number of hydrogen-bond acceptors (Lipinski definition) is 7. The molecule has 0 saturated carbocycles. The molecule has 0 saturated heterocycles. The normalized spacial score (nSPS) is 10.9. The highest BCUT2D eigenvalue weighted by Gasteiger charge is 2.13. The van der Waals surface area contributed by atoms with Gasteiger partial charge in [0.1, 0.15) is 10.6 Å². The van der Waals surface area contributed by atoms with E-state index in [9.17, 15) is 4.79 Å². The van der Waals surface area contributed by atoms with Crippen LogP contribution in [0.15, 0.2) is 5.16 Å². The number of thiophene rings is 1. The Morgan fingerprint density at radius 3 is 2.85 bits per heavy atom. The van der Waals surface area contributed by atoms with Crippen LogP contribution in [0.25, 0.3) is 10.2 Å². The molecule has 0 amide bonds. The molecular weight excluding hydrogens is 294 g/mol. The second kappa shape index (κ2) is 6.41. The summed E-state index contributed by atoms with van der Waals surface area (Å²) in [5.74, 6) is 0.903. The van der Waals surface area contributed by atoms with E-state index < -0.39 is 0 Å². The number of thioether (sulfide) groups is 1. The molecular formula is C13H17N3O2S2. The molecule has 2 rings (SSSR count). The van der Waals surface area contributed by atoms with Gasteiger partial charge in [0.05, 0.1) is 18.4 Å². The van der Waals surface area contributed by atoms with E-state index in [1.54, 1.807) is 18.3 Å². The summed E-state index contributed by atoms with van der Waals surface area (Å²) in [7, 11) is 0. The van der Waals surface area contributed by atoms with Crippen molar-refractivity contribution in [3.8, 4) is 0 Å². The molecule has 0 atom stereocenters. The van der Waals surface area contributed by atoms with Crippen molar-refractivity contribution in [2.45, 2.75) is 32.3 Å². The van der Waals surface area contributed by atoms with E-state index in [0.29, 0.717) is 29.8 Å². The molecule has 2 aromatic heterocycles. The van der Waals surface area contributed by atoms with Crippen LogP contribution >= 0.6 is 23.1 Å². The van der Waals surface area contributed by atoms with Gasteiger partial charge in [-0.3, -0.25) is 4.79 Å². The van der Waals surface area contributed by atoms with Gasteiger partial charge in [-0.15, -0.1) is 11.3 Å². The summed E-state index contributed by atoms with van der Waals surface area (Å²) >= 11 is 3.04. The summed E-state index contributed by atoms with van der Waals surface area (Å²) in [6, 6.07) is 0. The minimum Gasteiger partial charge on any atom is -0.466 e. The molecule has 5 nitrogen and oxygen atoms in total. The van der Waals surface area contributed by atoms with Gasteiger partial charge in [0.25, 0.3) is 0 Å². The smallest absolute Gasteiger partial charge is 0.306 e. The van der Waals surface area contributed by atoms with Gasteiger partial charge in [-0.05, 0) is 26.3 Å². The minimum atomic E-state index is -0.197. The predicted octanol–water partition coefficient (Wildman–Crippen LogP) is 2.94. The van der Waals surface area contributed by atoms with Crippen molar-refractivity contribution < 1.29 is 9.53 Å². The van der Waals surface area contributed by atoms with Crippen molar-refractivity contribution in [2.75, 3.05) is 18.1 Å². The second-order valence-corrected chi connectivity index (χ2v) is 6.52. The molecule has 0 spiro atoms. The number of fused-ring (bicyclic) bond motifs is 1. The Labute approximate surface area is 125 Å². The Morgan fingerprint density at radius 1 is 1.40 bits per heavy atom. The molecule has 0 aliphatic carbocycles. The molecule has 2 heterocycles. The standard InChI is InChI=1S/C13H17N3O2S2/c1-4-18-9(17)5-6-19-13-15-11(14)10-7(2)8(3)20-12(10)16-13/h4-6H2,1-3H3,(H2,14,15,16). The Morgan fingerprint density at radius 2 is 2.15 bits per heavy atom. The summed E-state index contributed by atoms with van der Waals surface area (Å²) in [4.78, 5) is 22.2. The largest absolute Gasteiger partial charge is 0.466 e. The molecule has 108 valence electrons. The zero-order chi connectivity index (χ0) is 14.7. The molecule has 7 heteroatoms. The number of carbonyl (C=O) groups excluding carboxylic acids is 1. The number of aryl methyl sites for hydroxylation is 2. The van der Waals surface area contributed by atoms with Crippen molar-refractivity contribution in [1.29, 1.82) is 0 Å². The lowest BCUT2D eigenvalue weighted by molar-refractivity contribution is -0.142. The molecule has 2 aromatic rings. The van der Waals surface area contributed by atoms with Crippen LogP contribution in [0.1, 0.15) is 23.8 Å². The van der Waals surface area contributed by atoms with E-state index >= 15 is 0 Å². The monoisotopic (exact) mass is 311 g/mol. The molecule has 0 unspecified atom stereocenters. The third-order valence-corrected chi connectivity index (χ3v) is 4.83. The SMILES string of the molecule is CCOC(=O)CCSc1nc(N)c2c(C)c(C)sc2n1. The van der Waals surface area contributed by atoms with Crippen molar-refractivity contribution >= 4 is 45.1 Å². The first-order valence-electron chi connectivity index (χ1n) is 6.34. The molecule has 0 aromatic carbocycles. The van der Waals surface area contributed by atoms with Crippen LogP contribution in [0.4, 0.5) is 5.82 Å². The number of ether oxygens (including phenoxy) is 1. The minimum absolute atomic E-state index is 0.197. The third kappa shape index (κ3) is 3.21. The number of anilines is 1. The Hall–Kier alpha value is -1.34. The Kier molecular flexibility index (Phi) is 4.82. The van der Waals surface area contributed by atoms with Gasteiger partial charge in [0.15, 0.2) is 5.16 Å². The lowest BCUT2D eigenvalue weighted by atomic mass is 10.2. The van der Waals surface area contributed by atoms with Crippen LogP contribution in [0.3, 0.4) is 0 Å². The number of hydrogen-bond donors (Lipinski definition) is 1. The molecule has 0 aliphatic heterocycles. The zero-order valence-electron chi connectivity index (χ0n) is 11.7. The highest BCUT2D eigenvalue weighted by atomic mass is 32.2. The zero-order valence-corrected chi connectivity index (χ0v) is 13.4. The topological polar surface area (TPSA) is 78.1 Å². The highest BCUT2D eigenvalue weighted by Crippen LogP contribution is 2.33. The number of nitrogen functional groups attached to an aromatic ring is 1. The average Bonchev–Trinajstić information content (AvgIpc) is 2.65. The average molecular weight is 311 g/mol. The van der Waals surface area contributed by atoms with Crippen molar-refractivity contribution in [2.24, 2.45) is 0 Å². The van der Waals surface area contributed by atoms with Crippen LogP contribution in [0, 0.1) is 13.8 Å². The van der Waals surface area contributed by atoms with E-state index in [2.05, 4.69) is 16.9 Å². The first-order chi connectivity index (χ1) is 9.52. The predicted molar refractivity (Wildman–Crippen MR) is 83.3 cm³/mol. The Bertz CT molecular complexity index is 640. The second-order valence-electron chi connectivity index (χ2n) is 4.26. The van der Waals surface area contributed by atoms with Gasteiger partial charge in [-0.25, -0.2) is 9.97 Å². The Balaban J connectivity index is 2.10. The maximum Gasteiger partial charge on any atom is 0.306 e. The van der Waals surface area contributed by atoms with E-state index in [1.807, 2.05) is 6.92 Å². The number of carbonyl (C=O) groups is 1.